The van der Waals surface area contributed by atoms with Crippen molar-refractivity contribution in [3.05, 3.63) is 0 Å². The maximum atomic E-state index is 12.8. The Morgan fingerprint density at radius 1 is 1.28 bits per heavy atom. The summed E-state index contributed by atoms with van der Waals surface area (Å²) < 4.78 is 56.5. The van der Waals surface area contributed by atoms with E-state index in [4.69, 9.17) is 4.74 Å². The average molecular weight is 398 g/mol. The van der Waals surface area contributed by atoms with Crippen molar-refractivity contribution in [1.82, 2.24) is 13.9 Å². The molecule has 0 bridgehead atoms. The fourth-order valence-electron chi connectivity index (χ4n) is 3.18. The van der Waals surface area contributed by atoms with Crippen LogP contribution in [0.3, 0.4) is 0 Å². The number of likely N-dealkylation sites (N-methyl/N-ethyl adjacent to an activating group) is 1. The van der Waals surface area contributed by atoms with Crippen LogP contribution in [-0.2, 0) is 29.6 Å². The second-order valence-corrected chi connectivity index (χ2v) is 10.8. The predicted octanol–water partition coefficient (Wildman–Crippen LogP) is -1.03. The Kier molecular flexibility index (Phi) is 6.47. The molecule has 3 atom stereocenters. The molecule has 2 rings (SSSR count). The quantitative estimate of drug-likeness (QED) is 0.613. The summed E-state index contributed by atoms with van der Waals surface area (Å²) in [5.74, 6) is -0.519. The van der Waals surface area contributed by atoms with E-state index in [1.165, 1.54) is 4.31 Å². The molecule has 146 valence electrons. The summed E-state index contributed by atoms with van der Waals surface area (Å²) in [6, 6.07) is -0.442. The van der Waals surface area contributed by atoms with Gasteiger partial charge in [0.15, 0.2) is 9.84 Å². The van der Waals surface area contributed by atoms with E-state index in [2.05, 4.69) is 5.32 Å². The highest BCUT2D eigenvalue weighted by Gasteiger charge is 2.36. The van der Waals surface area contributed by atoms with Crippen LogP contribution in [0.2, 0.25) is 0 Å². The Morgan fingerprint density at radius 2 is 1.88 bits per heavy atom. The fraction of sp³-hybridized carbons (Fsp3) is 0.929. The van der Waals surface area contributed by atoms with Gasteiger partial charge in [-0.25, -0.2) is 8.42 Å². The lowest BCUT2D eigenvalue weighted by molar-refractivity contribution is -0.121. The number of hydrogen-bond acceptors (Lipinski definition) is 6. The molecule has 2 heterocycles. The molecule has 0 spiro atoms. The molecule has 0 aromatic rings. The van der Waals surface area contributed by atoms with Gasteiger partial charge in [0.2, 0.25) is 5.91 Å². The number of carbonyl (C=O) groups excluding carboxylic acids is 1. The number of carbonyl (C=O) groups is 1. The lowest BCUT2D eigenvalue weighted by Gasteiger charge is -2.37. The van der Waals surface area contributed by atoms with E-state index < -0.39 is 32.0 Å². The molecular formula is C14H27N3O6S2. The molecule has 0 saturated carbocycles. The van der Waals surface area contributed by atoms with Crippen LogP contribution < -0.4 is 5.32 Å². The van der Waals surface area contributed by atoms with Crippen LogP contribution in [0.5, 0.6) is 0 Å². The summed E-state index contributed by atoms with van der Waals surface area (Å²) in [4.78, 5) is 12.2. The maximum absolute atomic E-state index is 12.8. The van der Waals surface area contributed by atoms with Crippen molar-refractivity contribution in [3.8, 4) is 0 Å². The largest absolute Gasteiger partial charge is 0.373 e. The van der Waals surface area contributed by atoms with Crippen LogP contribution >= 0.6 is 0 Å². The van der Waals surface area contributed by atoms with Crippen molar-refractivity contribution in [2.24, 2.45) is 0 Å². The molecule has 1 amide bonds. The molecule has 11 heteroatoms. The third kappa shape index (κ3) is 5.36. The van der Waals surface area contributed by atoms with E-state index in [1.807, 2.05) is 13.8 Å². The van der Waals surface area contributed by atoms with Gasteiger partial charge in [-0.3, -0.25) is 4.79 Å². The van der Waals surface area contributed by atoms with E-state index in [0.717, 1.165) is 4.31 Å². The van der Waals surface area contributed by atoms with Crippen LogP contribution in [-0.4, -0.2) is 87.3 Å². The smallest absolute Gasteiger partial charge is 0.282 e. The summed E-state index contributed by atoms with van der Waals surface area (Å²) in [5, 5.41) is 2.62. The predicted molar refractivity (Wildman–Crippen MR) is 93.0 cm³/mol. The topological polar surface area (TPSA) is 113 Å². The number of amides is 1. The number of rotatable bonds is 6. The molecule has 0 radical (unpaired) electrons. The molecule has 2 fully saturated rings. The van der Waals surface area contributed by atoms with Crippen LogP contribution in [0.25, 0.3) is 0 Å². The number of hydrogen-bond donors (Lipinski definition) is 1. The SMILES string of the molecule is CCN(CC(=O)NC1CCS(=O)(=O)C1)S(=O)(=O)N1CC(C)OC(C)C1. The highest BCUT2D eigenvalue weighted by Crippen LogP contribution is 2.17. The van der Waals surface area contributed by atoms with E-state index in [0.29, 0.717) is 6.42 Å². The standard InChI is InChI=1S/C14H27N3O6S2/c1-4-16(9-14(18)15-13-5-6-24(19,20)10-13)25(21,22)17-7-11(2)23-12(3)8-17/h11-13H,4-10H2,1-3H3,(H,15,18). The fourth-order valence-corrected chi connectivity index (χ4v) is 6.58. The van der Waals surface area contributed by atoms with Crippen molar-refractivity contribution >= 4 is 26.0 Å². The summed E-state index contributed by atoms with van der Waals surface area (Å²) in [6.45, 7) is 5.59. The average Bonchev–Trinajstić information content (AvgIpc) is 2.82. The van der Waals surface area contributed by atoms with Gasteiger partial charge in [-0.1, -0.05) is 6.92 Å². The van der Waals surface area contributed by atoms with Gasteiger partial charge in [0, 0.05) is 25.7 Å². The van der Waals surface area contributed by atoms with Crippen molar-refractivity contribution in [3.63, 3.8) is 0 Å². The molecule has 0 aliphatic carbocycles. The Balaban J connectivity index is 1.99. The Labute approximate surface area is 149 Å². The number of morpholine rings is 1. The summed E-state index contributed by atoms with van der Waals surface area (Å²) in [7, 11) is -6.89. The van der Waals surface area contributed by atoms with Gasteiger partial charge in [0.25, 0.3) is 10.2 Å². The molecule has 3 unspecified atom stereocenters. The lowest BCUT2D eigenvalue weighted by atomic mass is 10.2. The van der Waals surface area contributed by atoms with E-state index in [1.54, 1.807) is 6.92 Å². The monoisotopic (exact) mass is 397 g/mol. The molecule has 2 aliphatic heterocycles. The Morgan fingerprint density at radius 3 is 2.36 bits per heavy atom. The lowest BCUT2D eigenvalue weighted by Crippen LogP contribution is -2.54. The third-order valence-corrected chi connectivity index (χ3v) is 8.07. The highest BCUT2D eigenvalue weighted by atomic mass is 32.2. The molecular weight excluding hydrogens is 370 g/mol. The second kappa shape index (κ2) is 7.87. The first kappa shape index (κ1) is 20.6. The summed E-state index contributed by atoms with van der Waals surface area (Å²) in [5.41, 5.74) is 0. The van der Waals surface area contributed by atoms with Gasteiger partial charge in [0.1, 0.15) is 0 Å². The Hall–Kier alpha value is -0.750. The Bertz CT molecular complexity index is 683. The number of nitrogens with one attached hydrogen (secondary N) is 1. The first-order valence-corrected chi connectivity index (χ1v) is 11.7. The van der Waals surface area contributed by atoms with Gasteiger partial charge < -0.3 is 10.1 Å². The van der Waals surface area contributed by atoms with E-state index in [9.17, 15) is 21.6 Å². The first-order valence-electron chi connectivity index (χ1n) is 8.44. The second-order valence-electron chi connectivity index (χ2n) is 6.68. The highest BCUT2D eigenvalue weighted by molar-refractivity contribution is 7.91. The molecule has 1 N–H and O–H groups in total. The molecule has 9 nitrogen and oxygen atoms in total. The molecule has 0 aromatic heterocycles. The first-order chi connectivity index (χ1) is 11.5. The number of ether oxygens (including phenoxy) is 1. The normalized spacial score (nSPS) is 30.5. The van der Waals surface area contributed by atoms with Gasteiger partial charge in [-0.05, 0) is 20.3 Å². The number of nitrogens with zero attached hydrogens (tertiary/aromatic N) is 2. The maximum Gasteiger partial charge on any atom is 0.282 e. The number of sulfone groups is 1. The molecule has 2 saturated heterocycles. The minimum Gasteiger partial charge on any atom is -0.373 e. The van der Waals surface area contributed by atoms with Crippen LogP contribution in [0.1, 0.15) is 27.2 Å². The van der Waals surface area contributed by atoms with Crippen molar-refractivity contribution < 1.29 is 26.4 Å². The zero-order valence-electron chi connectivity index (χ0n) is 14.8. The van der Waals surface area contributed by atoms with Crippen LogP contribution in [0.15, 0.2) is 0 Å². The van der Waals surface area contributed by atoms with Crippen molar-refractivity contribution in [1.29, 1.82) is 0 Å². The minimum atomic E-state index is -3.78. The molecule has 2 aliphatic rings. The van der Waals surface area contributed by atoms with E-state index >= 15 is 0 Å². The zero-order valence-corrected chi connectivity index (χ0v) is 16.5. The van der Waals surface area contributed by atoms with Gasteiger partial charge >= 0.3 is 0 Å². The van der Waals surface area contributed by atoms with Gasteiger partial charge in [-0.2, -0.15) is 17.0 Å². The van der Waals surface area contributed by atoms with Gasteiger partial charge in [-0.15, -0.1) is 0 Å². The van der Waals surface area contributed by atoms with Crippen LogP contribution in [0.4, 0.5) is 0 Å². The van der Waals surface area contributed by atoms with E-state index in [-0.39, 0.29) is 49.9 Å². The summed E-state index contributed by atoms with van der Waals surface area (Å²) in [6.07, 6.45) is -0.0599. The minimum absolute atomic E-state index is 0.0529. The van der Waals surface area contributed by atoms with Gasteiger partial charge in [0.05, 0.1) is 30.3 Å². The third-order valence-electron chi connectivity index (χ3n) is 4.31. The molecule has 0 aromatic carbocycles. The van der Waals surface area contributed by atoms with Crippen molar-refractivity contribution in [2.75, 3.05) is 37.7 Å². The van der Waals surface area contributed by atoms with Crippen LogP contribution in [0, 0.1) is 0 Å². The zero-order chi connectivity index (χ0) is 18.8. The summed E-state index contributed by atoms with van der Waals surface area (Å²) >= 11 is 0. The molecule has 25 heavy (non-hydrogen) atoms. The van der Waals surface area contributed by atoms with Crippen molar-refractivity contribution in [2.45, 2.75) is 45.4 Å².